The van der Waals surface area contributed by atoms with Crippen LogP contribution in [0.3, 0.4) is 0 Å². The number of nitrogens with zero attached hydrogens (tertiary/aromatic N) is 2. The number of anilines is 1. The zero-order valence-electron chi connectivity index (χ0n) is 16.0. The van der Waals surface area contributed by atoms with Crippen LogP contribution in [0.2, 0.25) is 0 Å². The second-order valence-electron chi connectivity index (χ2n) is 6.51. The van der Waals surface area contributed by atoms with Gasteiger partial charge in [-0.25, -0.2) is 4.98 Å². The van der Waals surface area contributed by atoms with Crippen LogP contribution in [-0.2, 0) is 10.2 Å². The molecule has 3 aromatic rings. The molecule has 0 unspecified atom stereocenters. The summed E-state index contributed by atoms with van der Waals surface area (Å²) < 4.78 is 33.5. The Morgan fingerprint density at radius 1 is 1.14 bits per heavy atom. The predicted molar refractivity (Wildman–Crippen MR) is 111 cm³/mol. The Morgan fingerprint density at radius 3 is 2.61 bits per heavy atom. The maximum Gasteiger partial charge on any atom is 0.301 e. The molecule has 0 bridgehead atoms. The Kier molecular flexibility index (Phi) is 5.83. The van der Waals surface area contributed by atoms with Gasteiger partial charge in [-0.15, -0.1) is 0 Å². The highest BCUT2D eigenvalue weighted by atomic mass is 32.2. The van der Waals surface area contributed by atoms with Crippen molar-refractivity contribution in [3.63, 3.8) is 0 Å². The lowest BCUT2D eigenvalue weighted by atomic mass is 10.0. The number of benzene rings is 2. The fourth-order valence-electron chi connectivity index (χ4n) is 2.80. The highest BCUT2D eigenvalue weighted by molar-refractivity contribution is 7.90. The number of nitrogens with one attached hydrogen (secondary N) is 1. The lowest BCUT2D eigenvalue weighted by molar-refractivity contribution is 0.202. The van der Waals surface area contributed by atoms with E-state index in [1.54, 1.807) is 12.1 Å². The molecule has 148 valence electrons. The third-order valence-corrected chi connectivity index (χ3v) is 5.71. The Hall–Kier alpha value is -2.68. The summed E-state index contributed by atoms with van der Waals surface area (Å²) in [5, 5.41) is 9.97. The maximum atomic E-state index is 12.1. The predicted octanol–water partition coefficient (Wildman–Crippen LogP) is 2.80. The average molecular weight is 401 g/mol. The van der Waals surface area contributed by atoms with Crippen LogP contribution < -0.4 is 9.46 Å². The average Bonchev–Trinajstić information content (AvgIpc) is 2.65. The highest BCUT2D eigenvalue weighted by Gasteiger charge is 2.15. The van der Waals surface area contributed by atoms with Crippen molar-refractivity contribution < 1.29 is 18.3 Å². The summed E-state index contributed by atoms with van der Waals surface area (Å²) in [6, 6.07) is 14.7. The van der Waals surface area contributed by atoms with E-state index in [0.29, 0.717) is 22.6 Å². The Balaban J connectivity index is 2.07. The normalized spacial score (nSPS) is 11.8. The Morgan fingerprint density at radius 2 is 1.89 bits per heavy atom. The number of hydrogen-bond acceptors (Lipinski definition) is 5. The minimum atomic E-state index is -3.60. The summed E-state index contributed by atoms with van der Waals surface area (Å²) in [4.78, 5) is 4.72. The van der Waals surface area contributed by atoms with E-state index in [9.17, 15) is 8.42 Å². The fourth-order valence-corrected chi connectivity index (χ4v) is 3.41. The van der Waals surface area contributed by atoms with Crippen molar-refractivity contribution >= 4 is 26.8 Å². The number of aliphatic hydroxyl groups excluding tert-OH is 1. The van der Waals surface area contributed by atoms with E-state index in [-0.39, 0.29) is 13.2 Å². The third-order valence-electron chi connectivity index (χ3n) is 4.26. The number of aromatic nitrogens is 1. The Labute approximate surface area is 164 Å². The van der Waals surface area contributed by atoms with Gasteiger partial charge in [-0.1, -0.05) is 18.2 Å². The molecule has 2 aromatic carbocycles. The summed E-state index contributed by atoms with van der Waals surface area (Å²) in [6.45, 7) is 2.10. The molecule has 1 aromatic heterocycles. The van der Waals surface area contributed by atoms with Crippen LogP contribution in [0.1, 0.15) is 5.56 Å². The number of para-hydroxylation sites is 1. The first-order chi connectivity index (χ1) is 13.3. The van der Waals surface area contributed by atoms with E-state index in [0.717, 1.165) is 20.8 Å². The van der Waals surface area contributed by atoms with Gasteiger partial charge in [0.1, 0.15) is 12.4 Å². The quantitative estimate of drug-likeness (QED) is 0.635. The number of aliphatic hydroxyl groups is 1. The van der Waals surface area contributed by atoms with Crippen LogP contribution in [0.5, 0.6) is 5.75 Å². The molecule has 0 saturated carbocycles. The van der Waals surface area contributed by atoms with Gasteiger partial charge in [0.15, 0.2) is 0 Å². The largest absolute Gasteiger partial charge is 0.490 e. The number of rotatable bonds is 7. The van der Waals surface area contributed by atoms with Crippen LogP contribution >= 0.6 is 0 Å². The van der Waals surface area contributed by atoms with Crippen molar-refractivity contribution in [2.45, 2.75) is 6.92 Å². The van der Waals surface area contributed by atoms with Crippen LogP contribution in [-0.4, -0.2) is 50.1 Å². The molecule has 0 saturated heterocycles. The van der Waals surface area contributed by atoms with Crippen molar-refractivity contribution in [3.8, 4) is 17.0 Å². The van der Waals surface area contributed by atoms with Gasteiger partial charge in [-0.2, -0.15) is 12.7 Å². The van der Waals surface area contributed by atoms with E-state index in [4.69, 9.17) is 14.8 Å². The molecule has 0 atom stereocenters. The number of pyridine rings is 1. The van der Waals surface area contributed by atoms with Crippen LogP contribution in [0.4, 0.5) is 5.69 Å². The molecule has 0 amide bonds. The second kappa shape index (κ2) is 8.14. The standard InChI is InChI=1S/C20H23N3O4S/c1-14-12-18(17-6-4-5-7-20(17)27-11-10-24)21-19-13-15(8-9-16(14)19)22-28(25,26)23(2)3/h4-9,12-13,22,24H,10-11H2,1-3H3. The highest BCUT2D eigenvalue weighted by Crippen LogP contribution is 2.32. The van der Waals surface area contributed by atoms with E-state index in [1.807, 2.05) is 43.3 Å². The smallest absolute Gasteiger partial charge is 0.301 e. The number of aryl methyl sites for hydroxylation is 1. The van der Waals surface area contributed by atoms with E-state index >= 15 is 0 Å². The lowest BCUT2D eigenvalue weighted by Crippen LogP contribution is -2.28. The summed E-state index contributed by atoms with van der Waals surface area (Å²) in [5.41, 5.74) is 3.64. The van der Waals surface area contributed by atoms with Crippen molar-refractivity contribution in [1.29, 1.82) is 0 Å². The van der Waals surface area contributed by atoms with Crippen LogP contribution in [0, 0.1) is 6.92 Å². The number of ether oxygens (including phenoxy) is 1. The first kappa shape index (κ1) is 20.1. The number of fused-ring (bicyclic) bond motifs is 1. The third kappa shape index (κ3) is 4.24. The van der Waals surface area contributed by atoms with Gasteiger partial charge >= 0.3 is 10.2 Å². The molecular weight excluding hydrogens is 378 g/mol. The molecule has 3 rings (SSSR count). The molecule has 0 fully saturated rings. The van der Waals surface area contributed by atoms with Gasteiger partial charge in [0.05, 0.1) is 23.5 Å². The SMILES string of the molecule is Cc1cc(-c2ccccc2OCCO)nc2cc(NS(=O)(=O)N(C)C)ccc12. The summed E-state index contributed by atoms with van der Waals surface area (Å²) in [7, 11) is -0.666. The van der Waals surface area contributed by atoms with Crippen molar-refractivity contribution in [1.82, 2.24) is 9.29 Å². The van der Waals surface area contributed by atoms with E-state index in [2.05, 4.69) is 4.72 Å². The van der Waals surface area contributed by atoms with E-state index in [1.165, 1.54) is 14.1 Å². The van der Waals surface area contributed by atoms with Gasteiger partial charge in [0.2, 0.25) is 0 Å². The second-order valence-corrected chi connectivity index (χ2v) is 8.40. The van der Waals surface area contributed by atoms with Crippen LogP contribution in [0.15, 0.2) is 48.5 Å². The minimum Gasteiger partial charge on any atom is -0.490 e. The van der Waals surface area contributed by atoms with Crippen molar-refractivity contribution in [2.75, 3.05) is 32.0 Å². The van der Waals surface area contributed by atoms with Crippen molar-refractivity contribution in [2.24, 2.45) is 0 Å². The molecule has 28 heavy (non-hydrogen) atoms. The molecule has 0 aliphatic heterocycles. The van der Waals surface area contributed by atoms with Gasteiger partial charge in [0, 0.05) is 25.0 Å². The van der Waals surface area contributed by atoms with Gasteiger partial charge in [-0.3, -0.25) is 4.72 Å². The maximum absolute atomic E-state index is 12.1. The molecule has 0 aliphatic carbocycles. The molecule has 2 N–H and O–H groups in total. The van der Waals surface area contributed by atoms with E-state index < -0.39 is 10.2 Å². The first-order valence-corrected chi connectivity index (χ1v) is 10.2. The van der Waals surface area contributed by atoms with Gasteiger partial charge in [0.25, 0.3) is 0 Å². The summed E-state index contributed by atoms with van der Waals surface area (Å²) >= 11 is 0. The molecule has 0 radical (unpaired) electrons. The molecule has 1 heterocycles. The molecular formula is C20H23N3O4S. The molecule has 0 aliphatic rings. The summed E-state index contributed by atoms with van der Waals surface area (Å²) in [6.07, 6.45) is 0. The van der Waals surface area contributed by atoms with Gasteiger partial charge in [-0.05, 0) is 42.8 Å². The van der Waals surface area contributed by atoms with Gasteiger partial charge < -0.3 is 9.84 Å². The first-order valence-electron chi connectivity index (χ1n) is 8.76. The molecule has 8 heteroatoms. The summed E-state index contributed by atoms with van der Waals surface area (Å²) in [5.74, 6) is 0.632. The van der Waals surface area contributed by atoms with Crippen molar-refractivity contribution in [3.05, 3.63) is 54.1 Å². The topological polar surface area (TPSA) is 91.8 Å². The van der Waals surface area contributed by atoms with Crippen LogP contribution in [0.25, 0.3) is 22.2 Å². The monoisotopic (exact) mass is 401 g/mol. The Bertz CT molecular complexity index is 1100. The molecule has 7 nitrogen and oxygen atoms in total. The zero-order chi connectivity index (χ0) is 20.3. The number of hydrogen-bond donors (Lipinski definition) is 2. The minimum absolute atomic E-state index is 0.0755. The lowest BCUT2D eigenvalue weighted by Gasteiger charge is -2.15. The zero-order valence-corrected chi connectivity index (χ0v) is 16.8. The fraction of sp³-hybridized carbons (Fsp3) is 0.250. The molecule has 0 spiro atoms.